The molecule has 1 aliphatic heterocycles. The van der Waals surface area contributed by atoms with E-state index in [2.05, 4.69) is 28.5 Å². The Morgan fingerprint density at radius 3 is 2.67 bits per heavy atom. The Kier molecular flexibility index (Phi) is 3.96. The zero-order valence-electron chi connectivity index (χ0n) is 13.0. The normalized spacial score (nSPS) is 20.5. The lowest BCUT2D eigenvalue weighted by molar-refractivity contribution is -0.00631. The van der Waals surface area contributed by atoms with Gasteiger partial charge in [0.15, 0.2) is 0 Å². The van der Waals surface area contributed by atoms with Crippen LogP contribution in [0.3, 0.4) is 0 Å². The molecule has 0 saturated carbocycles. The number of thiocarbonyl (C=S) groups is 1. The standard InChI is InChI=1S/C18H15N3OS2/c1-2-22-18(21-15-11-7-6-10-14(15)19-20-21)12-16(24-17(18)23)13-8-4-3-5-9-13/h3-12H,2H2,1H3. The number of thioether (sulfide) groups is 1. The van der Waals surface area contributed by atoms with Crippen LogP contribution < -0.4 is 0 Å². The molecule has 120 valence electrons. The van der Waals surface area contributed by atoms with Gasteiger partial charge in [-0.25, -0.2) is 4.68 Å². The Bertz CT molecular complexity index is 936. The minimum Gasteiger partial charge on any atom is -0.345 e. The number of rotatable bonds is 4. The van der Waals surface area contributed by atoms with E-state index in [1.807, 2.05) is 49.4 Å². The summed E-state index contributed by atoms with van der Waals surface area (Å²) in [6, 6.07) is 18.0. The molecule has 0 N–H and O–H groups in total. The van der Waals surface area contributed by atoms with Crippen LogP contribution in [0.1, 0.15) is 12.5 Å². The van der Waals surface area contributed by atoms with Crippen LogP contribution in [-0.4, -0.2) is 25.8 Å². The first-order valence-electron chi connectivity index (χ1n) is 7.70. The Labute approximate surface area is 149 Å². The number of nitrogens with zero attached hydrogens (tertiary/aromatic N) is 3. The molecule has 2 aromatic carbocycles. The lowest BCUT2D eigenvalue weighted by Crippen LogP contribution is -2.39. The van der Waals surface area contributed by atoms with Crippen molar-refractivity contribution in [2.24, 2.45) is 0 Å². The quantitative estimate of drug-likeness (QED) is 0.656. The molecule has 0 aliphatic carbocycles. The maximum absolute atomic E-state index is 6.13. The lowest BCUT2D eigenvalue weighted by atomic mass is 10.1. The lowest BCUT2D eigenvalue weighted by Gasteiger charge is -2.27. The summed E-state index contributed by atoms with van der Waals surface area (Å²) in [7, 11) is 0. The first kappa shape index (κ1) is 15.5. The van der Waals surface area contributed by atoms with E-state index in [1.54, 1.807) is 16.4 Å². The predicted molar refractivity (Wildman–Crippen MR) is 102 cm³/mol. The maximum atomic E-state index is 6.13. The Morgan fingerprint density at radius 1 is 1.12 bits per heavy atom. The summed E-state index contributed by atoms with van der Waals surface area (Å²) in [6.07, 6.45) is 2.06. The summed E-state index contributed by atoms with van der Waals surface area (Å²) >= 11 is 7.25. The largest absolute Gasteiger partial charge is 0.345 e. The van der Waals surface area contributed by atoms with E-state index in [-0.39, 0.29) is 0 Å². The van der Waals surface area contributed by atoms with Crippen LogP contribution >= 0.6 is 24.0 Å². The summed E-state index contributed by atoms with van der Waals surface area (Å²) in [6.45, 7) is 2.48. The van der Waals surface area contributed by atoms with Crippen LogP contribution in [0.4, 0.5) is 0 Å². The molecular weight excluding hydrogens is 338 g/mol. The van der Waals surface area contributed by atoms with Crippen molar-refractivity contribution in [1.29, 1.82) is 0 Å². The molecular formula is C18H15N3OS2. The molecule has 24 heavy (non-hydrogen) atoms. The molecule has 0 spiro atoms. The van der Waals surface area contributed by atoms with Crippen molar-refractivity contribution < 1.29 is 4.74 Å². The summed E-state index contributed by atoms with van der Waals surface area (Å²) in [5.41, 5.74) is 1.96. The van der Waals surface area contributed by atoms with Gasteiger partial charge in [-0.3, -0.25) is 0 Å². The number of hydrogen-bond acceptors (Lipinski definition) is 5. The molecule has 1 unspecified atom stereocenters. The Morgan fingerprint density at radius 2 is 1.88 bits per heavy atom. The fourth-order valence-electron chi connectivity index (χ4n) is 2.83. The van der Waals surface area contributed by atoms with Crippen LogP contribution in [0.25, 0.3) is 15.9 Å². The summed E-state index contributed by atoms with van der Waals surface area (Å²) in [5, 5.41) is 8.60. The number of fused-ring (bicyclic) bond motifs is 1. The first-order chi connectivity index (χ1) is 11.7. The Balaban J connectivity index is 1.90. The van der Waals surface area contributed by atoms with Crippen molar-refractivity contribution in [3.05, 3.63) is 66.2 Å². The molecule has 4 nitrogen and oxygen atoms in total. The van der Waals surface area contributed by atoms with Gasteiger partial charge in [-0.1, -0.05) is 71.7 Å². The van der Waals surface area contributed by atoms with E-state index in [0.717, 1.165) is 25.7 Å². The second-order valence-corrected chi connectivity index (χ2v) is 7.10. The van der Waals surface area contributed by atoms with E-state index in [9.17, 15) is 0 Å². The van der Waals surface area contributed by atoms with Crippen LogP contribution in [0.15, 0.2) is 60.7 Å². The van der Waals surface area contributed by atoms with Gasteiger partial charge < -0.3 is 4.74 Å². The van der Waals surface area contributed by atoms with Gasteiger partial charge in [-0.15, -0.1) is 5.10 Å². The minimum absolute atomic E-state index is 0.521. The van der Waals surface area contributed by atoms with Crippen molar-refractivity contribution in [1.82, 2.24) is 15.0 Å². The third-order valence-corrected chi connectivity index (χ3v) is 5.50. The average molecular weight is 353 g/mol. The number of benzene rings is 2. The molecule has 0 amide bonds. The molecule has 0 fully saturated rings. The zero-order chi connectivity index (χ0) is 16.6. The summed E-state index contributed by atoms with van der Waals surface area (Å²) < 4.78 is 8.64. The highest BCUT2D eigenvalue weighted by Gasteiger charge is 2.44. The van der Waals surface area contributed by atoms with Crippen LogP contribution in [0.5, 0.6) is 0 Å². The molecule has 1 aliphatic rings. The van der Waals surface area contributed by atoms with E-state index in [4.69, 9.17) is 17.0 Å². The van der Waals surface area contributed by atoms with Crippen molar-refractivity contribution in [3.63, 3.8) is 0 Å². The molecule has 3 aromatic rings. The first-order valence-corrected chi connectivity index (χ1v) is 8.92. The van der Waals surface area contributed by atoms with Crippen molar-refractivity contribution >= 4 is 44.1 Å². The summed E-state index contributed by atoms with van der Waals surface area (Å²) in [4.78, 5) is 1.08. The second kappa shape index (κ2) is 6.12. The van der Waals surface area contributed by atoms with E-state index >= 15 is 0 Å². The maximum Gasteiger partial charge on any atom is 0.226 e. The van der Waals surface area contributed by atoms with Crippen molar-refractivity contribution in [2.45, 2.75) is 12.6 Å². The molecule has 6 heteroatoms. The van der Waals surface area contributed by atoms with Gasteiger partial charge in [0.2, 0.25) is 5.72 Å². The summed E-state index contributed by atoms with van der Waals surface area (Å²) in [5.74, 6) is 0. The third-order valence-electron chi connectivity index (χ3n) is 3.91. The number of ether oxygens (including phenoxy) is 1. The van der Waals surface area contributed by atoms with Crippen LogP contribution in [0, 0.1) is 0 Å². The van der Waals surface area contributed by atoms with E-state index in [1.165, 1.54) is 0 Å². The smallest absolute Gasteiger partial charge is 0.226 e. The van der Waals surface area contributed by atoms with Gasteiger partial charge in [0.1, 0.15) is 9.71 Å². The monoisotopic (exact) mass is 353 g/mol. The third kappa shape index (κ3) is 2.38. The molecule has 2 heterocycles. The molecule has 0 bridgehead atoms. The topological polar surface area (TPSA) is 39.9 Å². The molecule has 1 atom stereocenters. The number of para-hydroxylation sites is 1. The van der Waals surface area contributed by atoms with Gasteiger partial charge in [0, 0.05) is 11.5 Å². The predicted octanol–water partition coefficient (Wildman–Crippen LogP) is 4.24. The van der Waals surface area contributed by atoms with Gasteiger partial charge in [0.05, 0.1) is 5.52 Å². The minimum atomic E-state index is -0.893. The highest BCUT2D eigenvalue weighted by atomic mass is 32.2. The van der Waals surface area contributed by atoms with Gasteiger partial charge in [-0.05, 0) is 30.7 Å². The average Bonchev–Trinajstić information content (AvgIpc) is 3.19. The second-order valence-electron chi connectivity index (χ2n) is 5.38. The molecule has 4 rings (SSSR count). The van der Waals surface area contributed by atoms with Crippen LogP contribution in [-0.2, 0) is 10.5 Å². The highest BCUT2D eigenvalue weighted by Crippen LogP contribution is 2.46. The highest BCUT2D eigenvalue weighted by molar-refractivity contribution is 8.29. The zero-order valence-corrected chi connectivity index (χ0v) is 14.7. The SMILES string of the molecule is CCOC1(n2nnc3ccccc32)C=C(c2ccccc2)SC1=S. The fourth-order valence-corrected chi connectivity index (χ4v) is 4.32. The number of hydrogen-bond donors (Lipinski definition) is 0. The van der Waals surface area contributed by atoms with Gasteiger partial charge in [0.25, 0.3) is 0 Å². The molecule has 0 radical (unpaired) electrons. The van der Waals surface area contributed by atoms with Crippen molar-refractivity contribution in [3.8, 4) is 0 Å². The molecule has 0 saturated heterocycles. The van der Waals surface area contributed by atoms with Crippen molar-refractivity contribution in [2.75, 3.05) is 6.61 Å². The molecule has 1 aromatic heterocycles. The van der Waals surface area contributed by atoms with Gasteiger partial charge >= 0.3 is 0 Å². The fraction of sp³-hybridized carbons (Fsp3) is 0.167. The van der Waals surface area contributed by atoms with Gasteiger partial charge in [-0.2, -0.15) is 0 Å². The van der Waals surface area contributed by atoms with Crippen LogP contribution in [0.2, 0.25) is 0 Å². The Hall–Kier alpha value is -2.02. The number of aromatic nitrogens is 3. The van der Waals surface area contributed by atoms with E-state index < -0.39 is 5.72 Å². The van der Waals surface area contributed by atoms with E-state index in [0.29, 0.717) is 6.61 Å².